The van der Waals surface area contributed by atoms with Gasteiger partial charge in [-0.25, -0.2) is 0 Å². The van der Waals surface area contributed by atoms with Crippen LogP contribution in [0, 0.1) is 5.41 Å². The van der Waals surface area contributed by atoms with Gasteiger partial charge in [-0.2, -0.15) is 0 Å². The number of ether oxygens (including phenoxy) is 1. The van der Waals surface area contributed by atoms with Crippen molar-refractivity contribution in [2.45, 2.75) is 53.4 Å². The van der Waals surface area contributed by atoms with E-state index >= 15 is 0 Å². The highest BCUT2D eigenvalue weighted by Gasteiger charge is 2.27. The van der Waals surface area contributed by atoms with Crippen molar-refractivity contribution in [2.24, 2.45) is 5.41 Å². The molecule has 4 heteroatoms. The number of nitrogens with one attached hydrogen (secondary N) is 2. The summed E-state index contributed by atoms with van der Waals surface area (Å²) < 4.78 is 5.70. The summed E-state index contributed by atoms with van der Waals surface area (Å²) in [5, 5.41) is 0. The van der Waals surface area contributed by atoms with E-state index in [1.165, 1.54) is 11.1 Å². The molecule has 0 radical (unpaired) electrons. The molecule has 1 amide bonds. The molecule has 0 spiro atoms. The number of hydrogen-bond donors (Lipinski definition) is 2. The normalized spacial score (nSPS) is 12.2. The Kier molecular flexibility index (Phi) is 8.39. The van der Waals surface area contributed by atoms with Crippen molar-refractivity contribution in [1.82, 2.24) is 10.9 Å². The second kappa shape index (κ2) is 11.3. The lowest BCUT2D eigenvalue weighted by Crippen LogP contribution is -2.39. The maximum Gasteiger partial charge on any atom is 0.276 e. The minimum Gasteiger partial charge on any atom is -0.484 e. The monoisotopic (exact) mass is 470 g/mol. The van der Waals surface area contributed by atoms with Crippen LogP contribution in [-0.4, -0.2) is 12.5 Å². The Balaban J connectivity index is 1.50. The number of carbonyl (C=O) groups excluding carboxylic acids is 1. The molecule has 3 aromatic carbocycles. The number of hydrogen-bond acceptors (Lipinski definition) is 3. The maximum atomic E-state index is 12.4. The van der Waals surface area contributed by atoms with Gasteiger partial charge in [0.2, 0.25) is 0 Å². The Hall–Kier alpha value is -3.53. The molecule has 0 aliphatic heterocycles. The van der Waals surface area contributed by atoms with Gasteiger partial charge in [0.1, 0.15) is 5.75 Å². The van der Waals surface area contributed by atoms with Gasteiger partial charge in [0, 0.05) is 0 Å². The second-order valence-electron chi connectivity index (χ2n) is 10.8. The minimum absolute atomic E-state index is 0.0678. The maximum absolute atomic E-state index is 12.4. The Bertz CT molecular complexity index is 1120. The number of carbonyl (C=O) groups is 1. The molecular formula is C31H38N2O2. The zero-order chi connectivity index (χ0) is 25.5. The van der Waals surface area contributed by atoms with E-state index in [0.717, 1.165) is 23.2 Å². The largest absolute Gasteiger partial charge is 0.484 e. The van der Waals surface area contributed by atoms with E-state index in [2.05, 4.69) is 81.9 Å². The lowest BCUT2D eigenvalue weighted by atomic mass is 9.72. The predicted molar refractivity (Wildman–Crippen MR) is 146 cm³/mol. The summed E-state index contributed by atoms with van der Waals surface area (Å²) in [5.74, 6) is 0.431. The lowest BCUT2D eigenvalue weighted by molar-refractivity contribution is -0.123. The molecule has 0 unspecified atom stereocenters. The average Bonchev–Trinajstić information content (AvgIpc) is 2.83. The van der Waals surface area contributed by atoms with Gasteiger partial charge in [-0.05, 0) is 58.6 Å². The van der Waals surface area contributed by atoms with Crippen LogP contribution in [0.2, 0.25) is 0 Å². The molecule has 3 rings (SSSR count). The molecule has 2 N–H and O–H groups in total. The third kappa shape index (κ3) is 7.74. The first-order valence-corrected chi connectivity index (χ1v) is 12.2. The highest BCUT2D eigenvalue weighted by atomic mass is 16.5. The Morgan fingerprint density at radius 1 is 0.800 bits per heavy atom. The van der Waals surface area contributed by atoms with Crippen LogP contribution in [0.3, 0.4) is 0 Å². The zero-order valence-electron chi connectivity index (χ0n) is 21.8. The van der Waals surface area contributed by atoms with Crippen molar-refractivity contribution in [1.29, 1.82) is 0 Å². The van der Waals surface area contributed by atoms with Gasteiger partial charge in [0.05, 0.1) is 5.70 Å². The van der Waals surface area contributed by atoms with Gasteiger partial charge in [0.25, 0.3) is 5.91 Å². The highest BCUT2D eigenvalue weighted by Crippen LogP contribution is 2.36. The molecule has 184 valence electrons. The highest BCUT2D eigenvalue weighted by molar-refractivity contribution is 5.79. The number of rotatable bonds is 9. The quantitative estimate of drug-likeness (QED) is 0.327. The van der Waals surface area contributed by atoms with E-state index in [1.54, 1.807) is 0 Å². The summed E-state index contributed by atoms with van der Waals surface area (Å²) in [6, 6.07) is 26.5. The predicted octanol–water partition coefficient (Wildman–Crippen LogP) is 7.13. The lowest BCUT2D eigenvalue weighted by Gasteiger charge is -2.33. The number of allylic oxidation sites excluding steroid dienone is 1. The van der Waals surface area contributed by atoms with E-state index in [0.29, 0.717) is 5.75 Å². The van der Waals surface area contributed by atoms with E-state index in [-0.39, 0.29) is 23.3 Å². The number of benzene rings is 3. The van der Waals surface area contributed by atoms with E-state index in [1.807, 2.05) is 55.5 Å². The zero-order valence-corrected chi connectivity index (χ0v) is 21.8. The van der Waals surface area contributed by atoms with Crippen LogP contribution in [0.25, 0.3) is 16.8 Å². The topological polar surface area (TPSA) is 50.4 Å². The minimum atomic E-state index is -0.248. The van der Waals surface area contributed by atoms with Crippen LogP contribution in [0.4, 0.5) is 0 Å². The molecule has 0 saturated heterocycles. The van der Waals surface area contributed by atoms with E-state index in [4.69, 9.17) is 4.74 Å². The Morgan fingerprint density at radius 2 is 1.40 bits per heavy atom. The van der Waals surface area contributed by atoms with Crippen LogP contribution < -0.4 is 15.6 Å². The fraction of sp³-hybridized carbons (Fsp3) is 0.323. The third-order valence-corrected chi connectivity index (χ3v) is 5.91. The summed E-state index contributed by atoms with van der Waals surface area (Å²) in [7, 11) is 0. The average molecular weight is 471 g/mol. The summed E-state index contributed by atoms with van der Waals surface area (Å²) in [6.07, 6.45) is 3.01. The number of hydrazine groups is 1. The standard InChI is InChI=1S/C31H38N2O2/c1-7-28(25-15-13-24(14-16-25)23-11-9-8-10-12-23)32-33-29(34)21-35-27-19-17-26(18-20-27)31(5,6)22-30(2,3)4/h7-20,32H,21-22H2,1-6H3,(H,33,34). The fourth-order valence-electron chi connectivity index (χ4n) is 4.54. The van der Waals surface area contributed by atoms with Crippen molar-refractivity contribution in [3.63, 3.8) is 0 Å². The van der Waals surface area contributed by atoms with Crippen molar-refractivity contribution >= 4 is 11.6 Å². The van der Waals surface area contributed by atoms with Gasteiger partial charge >= 0.3 is 0 Å². The Labute approximate surface area is 210 Å². The molecular weight excluding hydrogens is 432 g/mol. The molecule has 0 saturated carbocycles. The fourth-order valence-corrected chi connectivity index (χ4v) is 4.54. The Morgan fingerprint density at radius 3 is 1.97 bits per heavy atom. The van der Waals surface area contributed by atoms with Gasteiger partial charge < -0.3 is 4.74 Å². The first-order valence-electron chi connectivity index (χ1n) is 12.2. The second-order valence-corrected chi connectivity index (χ2v) is 10.8. The van der Waals surface area contributed by atoms with Crippen LogP contribution in [0.5, 0.6) is 5.75 Å². The van der Waals surface area contributed by atoms with E-state index < -0.39 is 0 Å². The van der Waals surface area contributed by atoms with Gasteiger partial charge in [-0.1, -0.05) is 107 Å². The smallest absolute Gasteiger partial charge is 0.276 e. The van der Waals surface area contributed by atoms with Gasteiger partial charge in [-0.15, -0.1) is 0 Å². The first kappa shape index (κ1) is 26.1. The van der Waals surface area contributed by atoms with Crippen molar-refractivity contribution < 1.29 is 9.53 Å². The molecule has 35 heavy (non-hydrogen) atoms. The molecule has 0 heterocycles. The summed E-state index contributed by atoms with van der Waals surface area (Å²) in [4.78, 5) is 12.4. The van der Waals surface area contributed by atoms with E-state index in [9.17, 15) is 4.79 Å². The first-order chi connectivity index (χ1) is 16.6. The molecule has 0 bridgehead atoms. The van der Waals surface area contributed by atoms with Gasteiger partial charge in [0.15, 0.2) is 6.61 Å². The third-order valence-electron chi connectivity index (χ3n) is 5.91. The van der Waals surface area contributed by atoms with Crippen LogP contribution >= 0.6 is 0 Å². The molecule has 3 aromatic rings. The summed E-state index contributed by atoms with van der Waals surface area (Å²) in [5.41, 5.74) is 11.5. The van der Waals surface area contributed by atoms with Crippen LogP contribution in [0.15, 0.2) is 84.9 Å². The molecule has 4 nitrogen and oxygen atoms in total. The SMILES string of the molecule is CC=C(NNC(=O)COc1ccc(C(C)(C)CC(C)(C)C)cc1)c1ccc(-c2ccccc2)cc1. The number of amides is 1. The molecule has 0 aliphatic carbocycles. The van der Waals surface area contributed by atoms with Crippen molar-refractivity contribution in [3.05, 3.63) is 96.1 Å². The van der Waals surface area contributed by atoms with Crippen molar-refractivity contribution in [3.8, 4) is 16.9 Å². The van der Waals surface area contributed by atoms with Gasteiger partial charge in [-0.3, -0.25) is 15.6 Å². The molecule has 0 aromatic heterocycles. The van der Waals surface area contributed by atoms with Crippen molar-refractivity contribution in [2.75, 3.05) is 6.61 Å². The molecule has 0 aliphatic rings. The molecule has 0 fully saturated rings. The molecule has 0 atom stereocenters. The summed E-state index contributed by atoms with van der Waals surface area (Å²) in [6.45, 7) is 13.2. The van der Waals surface area contributed by atoms with Crippen LogP contribution in [0.1, 0.15) is 59.1 Å². The summed E-state index contributed by atoms with van der Waals surface area (Å²) >= 11 is 0. The van der Waals surface area contributed by atoms with Crippen LogP contribution in [-0.2, 0) is 10.2 Å².